The van der Waals surface area contributed by atoms with E-state index in [1.54, 1.807) is 11.8 Å². The molecule has 0 aromatic heterocycles. The Morgan fingerprint density at radius 3 is 2.17 bits per heavy atom. The van der Waals surface area contributed by atoms with Crippen LogP contribution < -0.4 is 11.5 Å². The molecular formula is C15H30N4S4. The van der Waals surface area contributed by atoms with E-state index < -0.39 is 0 Å². The summed E-state index contributed by atoms with van der Waals surface area (Å²) < 4.78 is 0. The van der Waals surface area contributed by atoms with Crippen molar-refractivity contribution in [1.29, 1.82) is 0 Å². The Kier molecular flexibility index (Phi) is 12.7. The molecular weight excluding hydrogens is 364 g/mol. The lowest BCUT2D eigenvalue weighted by molar-refractivity contribution is 0.363. The average Bonchev–Trinajstić information content (AvgIpc) is 2.53. The van der Waals surface area contributed by atoms with Crippen LogP contribution in [0.5, 0.6) is 0 Å². The van der Waals surface area contributed by atoms with E-state index in [-0.39, 0.29) is 0 Å². The summed E-state index contributed by atoms with van der Waals surface area (Å²) in [4.78, 5) is 8.80. The van der Waals surface area contributed by atoms with Crippen LogP contribution in [0.4, 0.5) is 0 Å². The summed E-state index contributed by atoms with van der Waals surface area (Å²) >= 11 is 3.75. The van der Waals surface area contributed by atoms with Crippen molar-refractivity contribution in [2.24, 2.45) is 27.4 Å². The Hall–Kier alpha value is 0.340. The van der Waals surface area contributed by atoms with Gasteiger partial charge >= 0.3 is 0 Å². The zero-order chi connectivity index (χ0) is 16.9. The Bertz CT molecular complexity index is 376. The van der Waals surface area contributed by atoms with Crippen molar-refractivity contribution in [1.82, 2.24) is 0 Å². The normalized spacial score (nSPS) is 22.2. The summed E-state index contributed by atoms with van der Waals surface area (Å²) in [5.74, 6) is 6.30. The fraction of sp³-hybridized carbons (Fsp3) is 0.867. The van der Waals surface area contributed by atoms with Gasteiger partial charge in [-0.3, -0.25) is 9.98 Å². The zero-order valence-corrected chi connectivity index (χ0v) is 17.5. The number of amidine groups is 2. The molecule has 1 fully saturated rings. The van der Waals surface area contributed by atoms with Crippen LogP contribution in [-0.4, -0.2) is 52.9 Å². The SMILES string of the molecule is CSCCN=C(N)CCSSCCC(N)=NCSC1CCC1C. The maximum atomic E-state index is 5.96. The number of rotatable bonds is 13. The first-order valence-corrected chi connectivity index (χ1v) is 13.0. The number of hydrogen-bond acceptors (Lipinski definition) is 6. The quantitative estimate of drug-likeness (QED) is 0.215. The summed E-state index contributed by atoms with van der Waals surface area (Å²) in [6.07, 6.45) is 6.54. The highest BCUT2D eigenvalue weighted by molar-refractivity contribution is 8.76. The van der Waals surface area contributed by atoms with E-state index in [0.717, 1.165) is 65.4 Å². The molecule has 1 saturated carbocycles. The molecule has 0 spiro atoms. The topological polar surface area (TPSA) is 76.8 Å². The number of hydrogen-bond donors (Lipinski definition) is 2. The standard InChI is InChI=1S/C15H30N4S4/c1-12-3-4-13(12)21-11-19-15(17)6-9-23-22-8-5-14(16)18-7-10-20-2/h12-13H,3-11H2,1-2H3,(H2,16,18)(H2,17,19). The van der Waals surface area contributed by atoms with Gasteiger partial charge in [0.05, 0.1) is 17.5 Å². The van der Waals surface area contributed by atoms with Crippen molar-refractivity contribution < 1.29 is 0 Å². The van der Waals surface area contributed by atoms with Gasteiger partial charge in [0.1, 0.15) is 0 Å². The molecule has 134 valence electrons. The molecule has 0 aliphatic heterocycles. The van der Waals surface area contributed by atoms with E-state index in [1.165, 1.54) is 12.8 Å². The van der Waals surface area contributed by atoms with Crippen molar-refractivity contribution in [3.8, 4) is 0 Å². The van der Waals surface area contributed by atoms with Gasteiger partial charge in [-0.25, -0.2) is 0 Å². The summed E-state index contributed by atoms with van der Waals surface area (Å²) in [5, 5.41) is 0.805. The minimum atomic E-state index is 0.774. The lowest BCUT2D eigenvalue weighted by Gasteiger charge is -2.32. The van der Waals surface area contributed by atoms with Gasteiger partial charge in [0, 0.05) is 41.9 Å². The third kappa shape index (κ3) is 10.7. The molecule has 0 saturated heterocycles. The molecule has 2 atom stereocenters. The molecule has 8 heteroatoms. The number of nitrogens with zero attached hydrogens (tertiary/aromatic N) is 2. The highest BCUT2D eigenvalue weighted by Gasteiger charge is 2.26. The summed E-state index contributed by atoms with van der Waals surface area (Å²) in [6.45, 7) is 3.15. The predicted octanol–water partition coefficient (Wildman–Crippen LogP) is 3.71. The van der Waals surface area contributed by atoms with Crippen LogP contribution in [0.2, 0.25) is 0 Å². The lowest BCUT2D eigenvalue weighted by atomic mass is 9.87. The first kappa shape index (κ1) is 21.4. The van der Waals surface area contributed by atoms with Crippen LogP contribution in [0.15, 0.2) is 9.98 Å². The van der Waals surface area contributed by atoms with Crippen LogP contribution in [0, 0.1) is 5.92 Å². The van der Waals surface area contributed by atoms with Crippen LogP contribution in [-0.2, 0) is 0 Å². The zero-order valence-electron chi connectivity index (χ0n) is 14.2. The van der Waals surface area contributed by atoms with E-state index in [1.807, 2.05) is 33.3 Å². The number of aliphatic imine (C=N–C) groups is 2. The van der Waals surface area contributed by atoms with Crippen molar-refractivity contribution in [2.45, 2.75) is 37.9 Å². The summed E-state index contributed by atoms with van der Waals surface area (Å²) in [6, 6.07) is 0. The van der Waals surface area contributed by atoms with Crippen molar-refractivity contribution >= 4 is 56.8 Å². The average molecular weight is 395 g/mol. The Morgan fingerprint density at radius 2 is 1.65 bits per heavy atom. The highest BCUT2D eigenvalue weighted by atomic mass is 33.1. The first-order chi connectivity index (χ1) is 11.1. The number of nitrogens with two attached hydrogens (primary N) is 2. The maximum Gasteiger partial charge on any atom is 0.0956 e. The molecule has 0 amide bonds. The van der Waals surface area contributed by atoms with Crippen LogP contribution in [0.25, 0.3) is 0 Å². The lowest BCUT2D eigenvalue weighted by Crippen LogP contribution is -2.26. The molecule has 4 N–H and O–H groups in total. The van der Waals surface area contributed by atoms with Gasteiger partial charge in [-0.15, -0.1) is 11.8 Å². The Balaban J connectivity index is 1.94. The van der Waals surface area contributed by atoms with Gasteiger partial charge in [0.15, 0.2) is 0 Å². The second-order valence-electron chi connectivity index (χ2n) is 5.55. The van der Waals surface area contributed by atoms with E-state index in [4.69, 9.17) is 11.5 Å². The summed E-state index contributed by atoms with van der Waals surface area (Å²) in [5.41, 5.74) is 11.8. The Labute approximate surface area is 157 Å². The molecule has 0 bridgehead atoms. The minimum absolute atomic E-state index is 0.774. The van der Waals surface area contributed by atoms with Crippen LogP contribution >= 0.6 is 45.1 Å². The van der Waals surface area contributed by atoms with E-state index in [9.17, 15) is 0 Å². The fourth-order valence-corrected chi connectivity index (χ4v) is 5.45. The molecule has 1 rings (SSSR count). The number of thioether (sulfide) groups is 2. The van der Waals surface area contributed by atoms with Crippen molar-refractivity contribution in [3.63, 3.8) is 0 Å². The molecule has 1 aliphatic carbocycles. The maximum absolute atomic E-state index is 5.96. The largest absolute Gasteiger partial charge is 0.387 e. The van der Waals surface area contributed by atoms with E-state index in [2.05, 4.69) is 23.2 Å². The van der Waals surface area contributed by atoms with Crippen LogP contribution in [0.1, 0.15) is 32.6 Å². The monoisotopic (exact) mass is 394 g/mol. The van der Waals surface area contributed by atoms with E-state index >= 15 is 0 Å². The summed E-state index contributed by atoms with van der Waals surface area (Å²) in [7, 11) is 3.68. The second kappa shape index (κ2) is 13.6. The van der Waals surface area contributed by atoms with Gasteiger partial charge in [-0.1, -0.05) is 28.5 Å². The van der Waals surface area contributed by atoms with Gasteiger partial charge < -0.3 is 11.5 Å². The Morgan fingerprint density at radius 1 is 1.00 bits per heavy atom. The van der Waals surface area contributed by atoms with Crippen molar-refractivity contribution in [3.05, 3.63) is 0 Å². The third-order valence-corrected chi connectivity index (χ3v) is 8.08. The first-order valence-electron chi connectivity index (χ1n) is 8.06. The van der Waals surface area contributed by atoms with Crippen molar-refractivity contribution in [2.75, 3.05) is 35.9 Å². The highest BCUT2D eigenvalue weighted by Crippen LogP contribution is 2.36. The third-order valence-electron chi connectivity index (χ3n) is 3.67. The van der Waals surface area contributed by atoms with E-state index in [0.29, 0.717) is 0 Å². The fourth-order valence-electron chi connectivity index (χ4n) is 1.95. The van der Waals surface area contributed by atoms with Crippen LogP contribution in [0.3, 0.4) is 0 Å². The molecule has 0 aromatic carbocycles. The molecule has 23 heavy (non-hydrogen) atoms. The molecule has 2 unspecified atom stereocenters. The van der Waals surface area contributed by atoms with Gasteiger partial charge in [0.2, 0.25) is 0 Å². The minimum Gasteiger partial charge on any atom is -0.387 e. The molecule has 4 nitrogen and oxygen atoms in total. The molecule has 0 heterocycles. The smallest absolute Gasteiger partial charge is 0.0956 e. The second-order valence-corrected chi connectivity index (χ2v) is 10.4. The molecule has 1 aliphatic rings. The molecule has 0 aromatic rings. The van der Waals surface area contributed by atoms with Gasteiger partial charge in [0.25, 0.3) is 0 Å². The van der Waals surface area contributed by atoms with Gasteiger partial charge in [-0.05, 0) is 25.0 Å². The van der Waals surface area contributed by atoms with Gasteiger partial charge in [-0.2, -0.15) is 11.8 Å². The molecule has 0 radical (unpaired) electrons. The predicted molar refractivity (Wildman–Crippen MR) is 115 cm³/mol.